The number of fused-ring (bicyclic) bond motifs is 1. The fourth-order valence-electron chi connectivity index (χ4n) is 2.53. The Kier molecular flexibility index (Phi) is 5.28. The normalized spacial score (nSPS) is 10.0. The first-order chi connectivity index (χ1) is 11.9. The van der Waals surface area contributed by atoms with Gasteiger partial charge in [0.15, 0.2) is 0 Å². The maximum absolute atomic E-state index is 11.8. The number of amides is 1. The molecule has 3 rings (SSSR count). The Labute approximate surface area is 144 Å². The monoisotopic (exact) mass is 341 g/mol. The van der Waals surface area contributed by atoms with Crippen LogP contribution in [0, 0.1) is 0 Å². The number of carbonyl (C=O) groups excluding carboxylic acids is 1. The number of carboxylic acids is 1. The molecule has 0 aliphatic carbocycles. The largest absolute Gasteiger partial charge is 0.495 e. The number of nitrogens with two attached hydrogens (primary N) is 2. The number of nitrogen functional groups attached to an aromatic ring is 1. The highest BCUT2D eigenvalue weighted by Gasteiger charge is 2.18. The van der Waals surface area contributed by atoms with Gasteiger partial charge in [0.25, 0.3) is 11.9 Å². The number of carbonyl (C=O) groups is 2. The molecule has 1 heterocycles. The number of aromatic nitrogens is 1. The third-order valence-corrected chi connectivity index (χ3v) is 3.43. The summed E-state index contributed by atoms with van der Waals surface area (Å²) in [4.78, 5) is 20.8. The molecule has 0 radical (unpaired) electrons. The van der Waals surface area contributed by atoms with Crippen molar-refractivity contribution in [2.75, 3.05) is 12.8 Å². The van der Waals surface area contributed by atoms with Gasteiger partial charge < -0.3 is 21.3 Å². The number of methoxy groups -OCH3 is 1. The van der Waals surface area contributed by atoms with Crippen molar-refractivity contribution in [1.82, 2.24) is 4.57 Å². The van der Waals surface area contributed by atoms with E-state index in [1.54, 1.807) is 23.8 Å². The molecule has 5 N–H and O–H groups in total. The van der Waals surface area contributed by atoms with Gasteiger partial charge in [-0.15, -0.1) is 0 Å². The molecule has 25 heavy (non-hydrogen) atoms. The number of primary amides is 1. The van der Waals surface area contributed by atoms with Crippen molar-refractivity contribution >= 4 is 28.5 Å². The lowest BCUT2D eigenvalue weighted by molar-refractivity contribution is -0.134. The molecule has 0 fully saturated rings. The number of para-hydroxylation sites is 3. The predicted octanol–water partition coefficient (Wildman–Crippen LogP) is 2.41. The van der Waals surface area contributed by atoms with Crippen molar-refractivity contribution in [1.29, 1.82) is 0 Å². The Morgan fingerprint density at radius 2 is 1.76 bits per heavy atom. The van der Waals surface area contributed by atoms with E-state index in [4.69, 9.17) is 26.1 Å². The molecular weight excluding hydrogens is 322 g/mol. The highest BCUT2D eigenvalue weighted by Crippen LogP contribution is 2.32. The third-order valence-electron chi connectivity index (χ3n) is 3.43. The third kappa shape index (κ3) is 3.72. The number of nitrogens with zero attached hydrogens (tertiary/aromatic N) is 1. The van der Waals surface area contributed by atoms with Gasteiger partial charge in [-0.1, -0.05) is 24.3 Å². The SMILES string of the molecule is CC(=O)O.COc1ccccc1-n1c(C(N)=O)cc2cccc(N)c21. The zero-order valence-electron chi connectivity index (χ0n) is 13.9. The maximum Gasteiger partial charge on any atom is 0.300 e. The molecule has 130 valence electrons. The smallest absolute Gasteiger partial charge is 0.300 e. The van der Waals surface area contributed by atoms with Crippen molar-refractivity contribution in [3.8, 4) is 11.4 Å². The van der Waals surface area contributed by atoms with E-state index < -0.39 is 11.9 Å². The Balaban J connectivity index is 0.000000511. The van der Waals surface area contributed by atoms with Crippen molar-refractivity contribution in [3.63, 3.8) is 0 Å². The van der Waals surface area contributed by atoms with Crippen LogP contribution in [0.5, 0.6) is 5.75 Å². The van der Waals surface area contributed by atoms with Crippen LogP contribution in [-0.2, 0) is 4.79 Å². The number of rotatable bonds is 3. The van der Waals surface area contributed by atoms with Crippen LogP contribution in [0.4, 0.5) is 5.69 Å². The van der Waals surface area contributed by atoms with Crippen LogP contribution in [-0.4, -0.2) is 28.7 Å². The Bertz CT molecular complexity index is 927. The standard InChI is InChI=1S/C16H15N3O2.C2H4O2/c1-21-14-8-3-2-7-12(14)19-13(16(18)20)9-10-5-4-6-11(17)15(10)19;1-2(3)4/h2-9H,17H2,1H3,(H2,18,20);1H3,(H,3,4). The summed E-state index contributed by atoms with van der Waals surface area (Å²) in [6, 6.07) is 14.7. The van der Waals surface area contributed by atoms with Crippen LogP contribution < -0.4 is 16.2 Å². The molecule has 1 aromatic heterocycles. The summed E-state index contributed by atoms with van der Waals surface area (Å²) in [5, 5.41) is 8.27. The summed E-state index contributed by atoms with van der Waals surface area (Å²) < 4.78 is 7.12. The number of carboxylic acid groups (broad SMARTS) is 1. The highest BCUT2D eigenvalue weighted by molar-refractivity contribution is 6.02. The number of benzene rings is 2. The first kappa shape index (κ1) is 17.9. The molecule has 0 atom stereocenters. The second kappa shape index (κ2) is 7.39. The first-order valence-electron chi connectivity index (χ1n) is 7.39. The number of aliphatic carboxylic acids is 1. The van der Waals surface area contributed by atoms with Gasteiger partial charge in [0.2, 0.25) is 0 Å². The molecule has 7 nitrogen and oxygen atoms in total. The fourth-order valence-corrected chi connectivity index (χ4v) is 2.53. The van der Waals surface area contributed by atoms with Crippen molar-refractivity contribution in [2.45, 2.75) is 6.92 Å². The van der Waals surface area contributed by atoms with Gasteiger partial charge >= 0.3 is 0 Å². The maximum atomic E-state index is 11.8. The van der Waals surface area contributed by atoms with Gasteiger partial charge in [0.1, 0.15) is 11.4 Å². The summed E-state index contributed by atoms with van der Waals surface area (Å²) in [7, 11) is 1.58. The van der Waals surface area contributed by atoms with Crippen molar-refractivity contribution in [2.24, 2.45) is 5.73 Å². The Morgan fingerprint density at radius 3 is 2.36 bits per heavy atom. The van der Waals surface area contributed by atoms with Gasteiger partial charge in [-0.05, 0) is 24.3 Å². The van der Waals surface area contributed by atoms with Gasteiger partial charge in [0.05, 0.1) is 24.0 Å². The molecule has 0 aliphatic heterocycles. The molecule has 0 saturated heterocycles. The van der Waals surface area contributed by atoms with E-state index >= 15 is 0 Å². The van der Waals surface area contributed by atoms with E-state index in [9.17, 15) is 4.79 Å². The first-order valence-corrected chi connectivity index (χ1v) is 7.39. The molecular formula is C18H19N3O4. The molecule has 3 aromatic rings. The summed E-state index contributed by atoms with van der Waals surface area (Å²) >= 11 is 0. The van der Waals surface area contributed by atoms with E-state index in [1.807, 2.05) is 36.4 Å². The molecule has 0 unspecified atom stereocenters. The topological polar surface area (TPSA) is 121 Å². The van der Waals surface area contributed by atoms with Gasteiger partial charge in [-0.2, -0.15) is 0 Å². The Hall–Kier alpha value is -3.48. The van der Waals surface area contributed by atoms with E-state index in [2.05, 4.69) is 0 Å². The predicted molar refractivity (Wildman–Crippen MR) is 96.1 cm³/mol. The minimum atomic E-state index is -0.833. The second-order valence-corrected chi connectivity index (χ2v) is 5.21. The molecule has 2 aromatic carbocycles. The summed E-state index contributed by atoms with van der Waals surface area (Å²) in [6.45, 7) is 1.08. The second-order valence-electron chi connectivity index (χ2n) is 5.21. The van der Waals surface area contributed by atoms with Crippen molar-refractivity contribution < 1.29 is 19.4 Å². The zero-order valence-corrected chi connectivity index (χ0v) is 13.9. The number of hydrogen-bond donors (Lipinski definition) is 3. The van der Waals surface area contributed by atoms with Gasteiger partial charge in [-0.25, -0.2) is 0 Å². The average molecular weight is 341 g/mol. The molecule has 0 saturated carbocycles. The highest BCUT2D eigenvalue weighted by atomic mass is 16.5. The van der Waals surface area contributed by atoms with E-state index in [1.165, 1.54) is 0 Å². The summed E-state index contributed by atoms with van der Waals surface area (Å²) in [6.07, 6.45) is 0. The lowest BCUT2D eigenvalue weighted by atomic mass is 10.2. The van der Waals surface area contributed by atoms with Crippen LogP contribution in [0.25, 0.3) is 16.6 Å². The number of hydrogen-bond acceptors (Lipinski definition) is 4. The molecule has 1 amide bonds. The lowest BCUT2D eigenvalue weighted by Gasteiger charge is -2.14. The van der Waals surface area contributed by atoms with Crippen LogP contribution in [0.2, 0.25) is 0 Å². The van der Waals surface area contributed by atoms with Crippen LogP contribution in [0.1, 0.15) is 17.4 Å². The van der Waals surface area contributed by atoms with Gasteiger partial charge in [0, 0.05) is 12.3 Å². The molecule has 0 aliphatic rings. The van der Waals surface area contributed by atoms with Gasteiger partial charge in [-0.3, -0.25) is 14.2 Å². The lowest BCUT2D eigenvalue weighted by Crippen LogP contribution is -2.16. The van der Waals surface area contributed by atoms with Crippen molar-refractivity contribution in [3.05, 3.63) is 54.2 Å². The van der Waals surface area contributed by atoms with E-state index in [0.29, 0.717) is 17.1 Å². The number of anilines is 1. The molecule has 0 spiro atoms. The minimum Gasteiger partial charge on any atom is -0.495 e. The summed E-state index contributed by atoms with van der Waals surface area (Å²) in [5.41, 5.74) is 14.0. The fraction of sp³-hybridized carbons (Fsp3) is 0.111. The average Bonchev–Trinajstić information content (AvgIpc) is 2.95. The van der Waals surface area contributed by atoms with E-state index in [-0.39, 0.29) is 0 Å². The van der Waals surface area contributed by atoms with Crippen LogP contribution in [0.3, 0.4) is 0 Å². The quantitative estimate of drug-likeness (QED) is 0.632. The zero-order chi connectivity index (χ0) is 18.6. The minimum absolute atomic E-state index is 0.368. The summed E-state index contributed by atoms with van der Waals surface area (Å²) in [5.74, 6) is -0.711. The molecule has 0 bridgehead atoms. The number of ether oxygens (including phenoxy) is 1. The molecule has 7 heteroatoms. The van der Waals surface area contributed by atoms with Crippen LogP contribution in [0.15, 0.2) is 48.5 Å². The van der Waals surface area contributed by atoms with E-state index in [0.717, 1.165) is 23.5 Å². The van der Waals surface area contributed by atoms with Crippen LogP contribution >= 0.6 is 0 Å². The Morgan fingerprint density at radius 1 is 1.12 bits per heavy atom.